The van der Waals surface area contributed by atoms with E-state index in [1.54, 1.807) is 18.0 Å². The zero-order valence-corrected chi connectivity index (χ0v) is 9.51. The maximum Gasteiger partial charge on any atom is 0.143 e. The Labute approximate surface area is 93.6 Å². The van der Waals surface area contributed by atoms with Crippen LogP contribution in [0.2, 0.25) is 5.02 Å². The summed E-state index contributed by atoms with van der Waals surface area (Å²) in [6.45, 7) is 2.20. The van der Waals surface area contributed by atoms with Gasteiger partial charge in [0.1, 0.15) is 11.6 Å². The van der Waals surface area contributed by atoms with Gasteiger partial charge < -0.3 is 0 Å². The predicted octanol–water partition coefficient (Wildman–Crippen LogP) is 2.50. The van der Waals surface area contributed by atoms with E-state index in [1.807, 2.05) is 0 Å². The van der Waals surface area contributed by atoms with E-state index in [4.69, 9.17) is 11.6 Å². The van der Waals surface area contributed by atoms with Crippen molar-refractivity contribution in [3.63, 3.8) is 0 Å². The largest absolute Gasteiger partial charge is 0.299 e. The Morgan fingerprint density at radius 1 is 1.53 bits per heavy atom. The lowest BCUT2D eigenvalue weighted by atomic mass is 10.2. The number of nitrogens with zero attached hydrogens (tertiary/aromatic N) is 1. The Balaban J connectivity index is 2.71. The fourth-order valence-corrected chi connectivity index (χ4v) is 1.59. The summed E-state index contributed by atoms with van der Waals surface area (Å²) in [4.78, 5) is 12.6. The first-order valence-electron chi connectivity index (χ1n) is 4.61. The second-order valence-corrected chi connectivity index (χ2v) is 4.05. The molecule has 0 saturated carbocycles. The quantitative estimate of drug-likeness (QED) is 0.791. The topological polar surface area (TPSA) is 20.3 Å². The average Bonchev–Trinajstić information content (AvgIpc) is 2.10. The number of hydrogen-bond acceptors (Lipinski definition) is 2. The summed E-state index contributed by atoms with van der Waals surface area (Å²) in [6, 6.07) is 4.41. The summed E-state index contributed by atoms with van der Waals surface area (Å²) < 4.78 is 13.3. The summed E-state index contributed by atoms with van der Waals surface area (Å²) in [7, 11) is 1.77. The highest BCUT2D eigenvalue weighted by Crippen LogP contribution is 2.16. The first kappa shape index (κ1) is 12.1. The van der Waals surface area contributed by atoms with Gasteiger partial charge in [0.15, 0.2) is 0 Å². The van der Waals surface area contributed by atoms with E-state index in [2.05, 4.69) is 0 Å². The number of Topliss-reactive ketones (excluding diaryl/α,β-unsaturated/α-hetero) is 1. The van der Waals surface area contributed by atoms with Crippen molar-refractivity contribution >= 4 is 17.4 Å². The van der Waals surface area contributed by atoms with Gasteiger partial charge in [-0.25, -0.2) is 4.39 Å². The van der Waals surface area contributed by atoms with Crippen LogP contribution < -0.4 is 0 Å². The number of halogens is 2. The van der Waals surface area contributed by atoms with Crippen molar-refractivity contribution in [1.29, 1.82) is 0 Å². The number of ketones is 1. The maximum atomic E-state index is 13.3. The van der Waals surface area contributed by atoms with Gasteiger partial charge >= 0.3 is 0 Å². The number of carbonyl (C=O) groups is 1. The molecule has 0 bridgehead atoms. The second kappa shape index (κ2) is 5.24. The van der Waals surface area contributed by atoms with E-state index in [1.165, 1.54) is 19.1 Å². The van der Waals surface area contributed by atoms with Crippen molar-refractivity contribution in [2.24, 2.45) is 0 Å². The Morgan fingerprint density at radius 2 is 2.20 bits per heavy atom. The molecule has 0 aromatic heterocycles. The van der Waals surface area contributed by atoms with Gasteiger partial charge in [0.05, 0.1) is 6.54 Å². The summed E-state index contributed by atoms with van der Waals surface area (Å²) in [5, 5.41) is 0.502. The van der Waals surface area contributed by atoms with Crippen molar-refractivity contribution in [1.82, 2.24) is 4.90 Å². The van der Waals surface area contributed by atoms with Crippen LogP contribution >= 0.6 is 11.6 Å². The minimum Gasteiger partial charge on any atom is -0.299 e. The Morgan fingerprint density at radius 3 is 2.80 bits per heavy atom. The van der Waals surface area contributed by atoms with Crippen LogP contribution in [0, 0.1) is 5.82 Å². The molecular formula is C11H13ClFNO. The van der Waals surface area contributed by atoms with Crippen molar-refractivity contribution in [2.45, 2.75) is 13.5 Å². The van der Waals surface area contributed by atoms with Crippen LogP contribution in [-0.2, 0) is 11.3 Å². The van der Waals surface area contributed by atoms with Gasteiger partial charge in [-0.3, -0.25) is 9.69 Å². The third-order valence-electron chi connectivity index (χ3n) is 1.94. The molecule has 82 valence electrons. The molecule has 0 aliphatic heterocycles. The highest BCUT2D eigenvalue weighted by atomic mass is 35.5. The fourth-order valence-electron chi connectivity index (χ4n) is 1.39. The molecule has 0 fully saturated rings. The Hall–Kier alpha value is -0.930. The van der Waals surface area contributed by atoms with Crippen molar-refractivity contribution < 1.29 is 9.18 Å². The Kier molecular flexibility index (Phi) is 4.24. The molecule has 0 spiro atoms. The molecule has 1 aromatic carbocycles. The smallest absolute Gasteiger partial charge is 0.143 e. The molecule has 1 aromatic rings. The normalized spacial score (nSPS) is 10.7. The van der Waals surface area contributed by atoms with Gasteiger partial charge in [-0.15, -0.1) is 0 Å². The highest BCUT2D eigenvalue weighted by Gasteiger charge is 2.07. The average molecular weight is 230 g/mol. The summed E-state index contributed by atoms with van der Waals surface area (Å²) in [5.41, 5.74) is 0.506. The minimum absolute atomic E-state index is 0.0555. The van der Waals surface area contributed by atoms with Crippen molar-refractivity contribution in [3.05, 3.63) is 34.6 Å². The van der Waals surface area contributed by atoms with Crippen LogP contribution in [-0.4, -0.2) is 24.3 Å². The van der Waals surface area contributed by atoms with Crippen LogP contribution in [0.25, 0.3) is 0 Å². The fraction of sp³-hybridized carbons (Fsp3) is 0.364. The van der Waals surface area contributed by atoms with E-state index in [0.29, 0.717) is 23.7 Å². The number of benzene rings is 1. The predicted molar refractivity (Wildman–Crippen MR) is 58.4 cm³/mol. The number of carbonyl (C=O) groups excluding carboxylic acids is 1. The number of likely N-dealkylation sites (N-methyl/N-ethyl adjacent to an activating group) is 1. The molecule has 0 atom stereocenters. The molecule has 0 aliphatic carbocycles. The molecule has 0 saturated heterocycles. The maximum absolute atomic E-state index is 13.3. The Bertz CT molecular complexity index is 368. The third kappa shape index (κ3) is 3.98. The summed E-state index contributed by atoms with van der Waals surface area (Å²) in [6.07, 6.45) is 0. The molecule has 0 unspecified atom stereocenters. The first-order chi connectivity index (χ1) is 6.99. The third-order valence-corrected chi connectivity index (χ3v) is 2.18. The standard InChI is InChI=1S/C11H13ClFNO/c1-8(15)6-14(2)7-9-5-10(12)3-4-11(9)13/h3-5H,6-7H2,1-2H3. The molecule has 2 nitrogen and oxygen atoms in total. The molecule has 4 heteroatoms. The molecule has 1 rings (SSSR count). The summed E-state index contributed by atoms with van der Waals surface area (Å²) >= 11 is 5.75. The second-order valence-electron chi connectivity index (χ2n) is 3.61. The lowest BCUT2D eigenvalue weighted by Crippen LogP contribution is -2.24. The number of rotatable bonds is 4. The summed E-state index contributed by atoms with van der Waals surface area (Å²) in [5.74, 6) is -0.241. The molecule has 0 amide bonds. The van der Waals surface area contributed by atoms with Crippen molar-refractivity contribution in [2.75, 3.05) is 13.6 Å². The van der Waals surface area contributed by atoms with Gasteiger partial charge in [0.2, 0.25) is 0 Å². The zero-order chi connectivity index (χ0) is 11.4. The van der Waals surface area contributed by atoms with Gasteiger partial charge in [0, 0.05) is 17.1 Å². The lowest BCUT2D eigenvalue weighted by Gasteiger charge is -2.15. The van der Waals surface area contributed by atoms with E-state index in [9.17, 15) is 9.18 Å². The molecule has 0 N–H and O–H groups in total. The lowest BCUT2D eigenvalue weighted by molar-refractivity contribution is -0.117. The minimum atomic E-state index is -0.296. The van der Waals surface area contributed by atoms with Crippen LogP contribution in [0.1, 0.15) is 12.5 Å². The molecular weight excluding hydrogens is 217 g/mol. The SMILES string of the molecule is CC(=O)CN(C)Cc1cc(Cl)ccc1F. The van der Waals surface area contributed by atoms with Crippen molar-refractivity contribution in [3.8, 4) is 0 Å². The highest BCUT2D eigenvalue weighted by molar-refractivity contribution is 6.30. The van der Waals surface area contributed by atoms with E-state index in [0.717, 1.165) is 0 Å². The monoisotopic (exact) mass is 229 g/mol. The molecule has 0 aliphatic rings. The van der Waals surface area contributed by atoms with Crippen LogP contribution in [0.15, 0.2) is 18.2 Å². The van der Waals surface area contributed by atoms with Crippen LogP contribution in [0.5, 0.6) is 0 Å². The molecule has 0 heterocycles. The van der Waals surface area contributed by atoms with Gasteiger partial charge in [-0.2, -0.15) is 0 Å². The van der Waals surface area contributed by atoms with Gasteiger partial charge in [-0.05, 0) is 32.2 Å². The zero-order valence-electron chi connectivity index (χ0n) is 8.76. The first-order valence-corrected chi connectivity index (χ1v) is 4.98. The number of hydrogen-bond donors (Lipinski definition) is 0. The van der Waals surface area contributed by atoms with E-state index >= 15 is 0 Å². The molecule has 15 heavy (non-hydrogen) atoms. The van der Waals surface area contributed by atoms with E-state index < -0.39 is 0 Å². The van der Waals surface area contributed by atoms with Gasteiger partial charge in [-0.1, -0.05) is 11.6 Å². The van der Waals surface area contributed by atoms with Gasteiger partial charge in [0.25, 0.3) is 0 Å². The van der Waals surface area contributed by atoms with E-state index in [-0.39, 0.29) is 11.6 Å². The van der Waals surface area contributed by atoms with Crippen LogP contribution in [0.4, 0.5) is 4.39 Å². The molecule has 0 radical (unpaired) electrons. The van der Waals surface area contributed by atoms with Crippen LogP contribution in [0.3, 0.4) is 0 Å².